The minimum Gasteiger partial charge on any atom is -0.306 e. The number of thiophene rings is 1. The molecule has 0 aliphatic heterocycles. The van der Waals surface area contributed by atoms with Gasteiger partial charge in [0.15, 0.2) is 0 Å². The highest BCUT2D eigenvalue weighted by Crippen LogP contribution is 2.28. The molecule has 0 unspecified atom stereocenters. The Morgan fingerprint density at radius 1 is 1.20 bits per heavy atom. The van der Waals surface area contributed by atoms with E-state index in [-0.39, 0.29) is 5.56 Å². The Bertz CT molecular complexity index is 813. The third-order valence-corrected chi connectivity index (χ3v) is 4.31. The summed E-state index contributed by atoms with van der Waals surface area (Å²) in [5, 5.41) is 2.78. The lowest BCUT2D eigenvalue weighted by atomic mass is 10.0. The highest BCUT2D eigenvalue weighted by atomic mass is 32.1. The fraction of sp³-hybridized carbons (Fsp3) is 0.250. The van der Waals surface area contributed by atoms with Crippen LogP contribution in [0, 0.1) is 6.92 Å². The molecule has 0 fully saturated rings. The Morgan fingerprint density at radius 3 is 2.55 bits per heavy atom. The summed E-state index contributed by atoms with van der Waals surface area (Å²) in [4.78, 5) is 20.7. The summed E-state index contributed by atoms with van der Waals surface area (Å²) in [6, 6.07) is 8.01. The van der Waals surface area contributed by atoms with E-state index < -0.39 is 0 Å². The largest absolute Gasteiger partial charge is 0.306 e. The molecule has 0 aliphatic carbocycles. The van der Waals surface area contributed by atoms with Crippen LogP contribution >= 0.6 is 11.3 Å². The molecule has 0 saturated heterocycles. The lowest BCUT2D eigenvalue weighted by molar-refractivity contribution is 0.878. The number of aromatic nitrogens is 2. The number of rotatable bonds is 2. The van der Waals surface area contributed by atoms with Gasteiger partial charge in [-0.15, -0.1) is 11.3 Å². The fourth-order valence-electron chi connectivity index (χ4n) is 2.24. The number of benzene rings is 1. The number of nitrogens with zero attached hydrogens (tertiary/aromatic N) is 1. The predicted octanol–water partition coefficient (Wildman–Crippen LogP) is 4.08. The van der Waals surface area contributed by atoms with Crippen molar-refractivity contribution in [2.75, 3.05) is 0 Å². The molecule has 0 aliphatic rings. The van der Waals surface area contributed by atoms with Crippen molar-refractivity contribution in [3.05, 3.63) is 51.1 Å². The van der Waals surface area contributed by atoms with Crippen LogP contribution in [0.2, 0.25) is 0 Å². The second kappa shape index (κ2) is 4.87. The molecule has 1 N–H and O–H groups in total. The molecular formula is C16H16N2OS. The zero-order chi connectivity index (χ0) is 14.3. The minimum atomic E-state index is -0.0458. The first-order chi connectivity index (χ1) is 9.56. The highest BCUT2D eigenvalue weighted by molar-refractivity contribution is 7.16. The smallest absolute Gasteiger partial charge is 0.260 e. The van der Waals surface area contributed by atoms with Gasteiger partial charge in [0.05, 0.1) is 5.39 Å². The number of fused-ring (bicyclic) bond motifs is 1. The normalized spacial score (nSPS) is 11.4. The van der Waals surface area contributed by atoms with Crippen LogP contribution in [-0.2, 0) is 0 Å². The third-order valence-electron chi connectivity index (χ3n) is 3.42. The van der Waals surface area contributed by atoms with Gasteiger partial charge in [-0.3, -0.25) is 4.79 Å². The molecule has 1 aromatic carbocycles. The van der Waals surface area contributed by atoms with Crippen LogP contribution < -0.4 is 5.56 Å². The van der Waals surface area contributed by atoms with Crippen LogP contribution in [0.3, 0.4) is 0 Å². The number of aryl methyl sites for hydroxylation is 1. The number of H-pyrrole nitrogens is 1. The molecule has 2 heterocycles. The van der Waals surface area contributed by atoms with Gasteiger partial charge in [-0.2, -0.15) is 0 Å². The van der Waals surface area contributed by atoms with Crippen LogP contribution in [0.15, 0.2) is 34.4 Å². The van der Waals surface area contributed by atoms with E-state index in [0.717, 1.165) is 21.3 Å². The van der Waals surface area contributed by atoms with E-state index in [1.54, 1.807) is 0 Å². The van der Waals surface area contributed by atoms with E-state index >= 15 is 0 Å². The van der Waals surface area contributed by atoms with E-state index in [1.807, 2.05) is 36.6 Å². The average Bonchev–Trinajstić information content (AvgIpc) is 2.84. The second-order valence-electron chi connectivity index (χ2n) is 5.31. The van der Waals surface area contributed by atoms with Gasteiger partial charge in [0.1, 0.15) is 10.7 Å². The summed E-state index contributed by atoms with van der Waals surface area (Å²) in [6.07, 6.45) is 0. The molecule has 2 aromatic heterocycles. The van der Waals surface area contributed by atoms with Gasteiger partial charge in [0.2, 0.25) is 0 Å². The molecule has 0 spiro atoms. The lowest BCUT2D eigenvalue weighted by Crippen LogP contribution is -2.10. The summed E-state index contributed by atoms with van der Waals surface area (Å²) in [5.41, 5.74) is 3.16. The van der Waals surface area contributed by atoms with Crippen molar-refractivity contribution < 1.29 is 0 Å². The number of aromatic amines is 1. The molecule has 3 nitrogen and oxygen atoms in total. The number of hydrogen-bond donors (Lipinski definition) is 1. The van der Waals surface area contributed by atoms with Crippen molar-refractivity contribution in [3.63, 3.8) is 0 Å². The predicted molar refractivity (Wildman–Crippen MR) is 84.5 cm³/mol. The van der Waals surface area contributed by atoms with Crippen molar-refractivity contribution in [3.8, 4) is 11.4 Å². The molecule has 0 radical (unpaired) electrons. The van der Waals surface area contributed by atoms with E-state index in [9.17, 15) is 4.79 Å². The van der Waals surface area contributed by atoms with Crippen LogP contribution in [-0.4, -0.2) is 9.97 Å². The Kier molecular flexibility index (Phi) is 3.18. The summed E-state index contributed by atoms with van der Waals surface area (Å²) < 4.78 is 0. The zero-order valence-corrected chi connectivity index (χ0v) is 12.5. The van der Waals surface area contributed by atoms with Gasteiger partial charge in [-0.1, -0.05) is 43.7 Å². The summed E-state index contributed by atoms with van der Waals surface area (Å²) in [5.74, 6) is 0.969. The van der Waals surface area contributed by atoms with Crippen molar-refractivity contribution >= 4 is 21.6 Å². The van der Waals surface area contributed by atoms with Crippen LogP contribution in [0.5, 0.6) is 0 Å². The van der Waals surface area contributed by atoms with Gasteiger partial charge in [0.25, 0.3) is 5.56 Å². The van der Waals surface area contributed by atoms with Crippen LogP contribution in [0.1, 0.15) is 30.9 Å². The third kappa shape index (κ3) is 2.16. The van der Waals surface area contributed by atoms with Crippen molar-refractivity contribution in [2.45, 2.75) is 26.7 Å². The molecule has 3 aromatic rings. The summed E-state index contributed by atoms with van der Waals surface area (Å²) in [7, 11) is 0. The molecule has 0 atom stereocenters. The van der Waals surface area contributed by atoms with Crippen molar-refractivity contribution in [2.24, 2.45) is 0 Å². The molecule has 3 rings (SSSR count). The Hall–Kier alpha value is -1.94. The fourth-order valence-corrected chi connectivity index (χ4v) is 3.34. The Morgan fingerprint density at radius 2 is 1.90 bits per heavy atom. The lowest BCUT2D eigenvalue weighted by Gasteiger charge is -2.04. The van der Waals surface area contributed by atoms with Gasteiger partial charge in [0, 0.05) is 5.56 Å². The van der Waals surface area contributed by atoms with E-state index in [1.165, 1.54) is 16.9 Å². The monoisotopic (exact) mass is 284 g/mol. The van der Waals surface area contributed by atoms with Gasteiger partial charge in [-0.25, -0.2) is 4.98 Å². The topological polar surface area (TPSA) is 45.8 Å². The number of hydrogen-bond acceptors (Lipinski definition) is 3. The van der Waals surface area contributed by atoms with Gasteiger partial charge >= 0.3 is 0 Å². The average molecular weight is 284 g/mol. The Labute approximate surface area is 121 Å². The first-order valence-electron chi connectivity index (χ1n) is 6.64. The van der Waals surface area contributed by atoms with E-state index in [4.69, 9.17) is 0 Å². The molecule has 0 bridgehead atoms. The standard InChI is InChI=1S/C16H16N2OS/c1-9(2)12-8-20-16-13(12)15(19)17-14(18-16)11-6-4-10(3)5-7-11/h4-9H,1-3H3,(H,17,18,19). The zero-order valence-electron chi connectivity index (χ0n) is 11.7. The summed E-state index contributed by atoms with van der Waals surface area (Å²) in [6.45, 7) is 6.22. The van der Waals surface area contributed by atoms with Crippen LogP contribution in [0.25, 0.3) is 21.6 Å². The van der Waals surface area contributed by atoms with Crippen molar-refractivity contribution in [1.82, 2.24) is 9.97 Å². The maximum absolute atomic E-state index is 12.3. The SMILES string of the molecule is Cc1ccc(-c2nc3scc(C(C)C)c3c(=O)[nH]2)cc1. The molecular weight excluding hydrogens is 268 g/mol. The molecule has 0 saturated carbocycles. The minimum absolute atomic E-state index is 0.0458. The van der Waals surface area contributed by atoms with E-state index in [2.05, 4.69) is 23.8 Å². The van der Waals surface area contributed by atoms with Crippen LogP contribution in [0.4, 0.5) is 0 Å². The second-order valence-corrected chi connectivity index (χ2v) is 6.16. The van der Waals surface area contributed by atoms with Crippen molar-refractivity contribution in [1.29, 1.82) is 0 Å². The molecule has 102 valence electrons. The highest BCUT2D eigenvalue weighted by Gasteiger charge is 2.14. The van der Waals surface area contributed by atoms with Gasteiger partial charge in [-0.05, 0) is 23.8 Å². The first kappa shape index (κ1) is 13.1. The number of nitrogens with one attached hydrogen (secondary N) is 1. The molecule has 4 heteroatoms. The van der Waals surface area contributed by atoms with Gasteiger partial charge < -0.3 is 4.98 Å². The first-order valence-corrected chi connectivity index (χ1v) is 7.52. The quantitative estimate of drug-likeness (QED) is 0.770. The maximum Gasteiger partial charge on any atom is 0.260 e. The molecule has 20 heavy (non-hydrogen) atoms. The maximum atomic E-state index is 12.3. The van der Waals surface area contributed by atoms with E-state index in [0.29, 0.717) is 11.7 Å². The Balaban J connectivity index is 2.21. The summed E-state index contributed by atoms with van der Waals surface area (Å²) >= 11 is 1.54. The molecule has 0 amide bonds.